The first-order valence-corrected chi connectivity index (χ1v) is 7.45. The van der Waals surface area contributed by atoms with Gasteiger partial charge in [0.1, 0.15) is 0 Å². The Morgan fingerprint density at radius 3 is 3.00 bits per heavy atom. The Morgan fingerprint density at radius 2 is 2.12 bits per heavy atom. The highest BCUT2D eigenvalue weighted by atomic mass is 32.2. The molecule has 2 atom stereocenters. The number of rotatable bonds is 1. The molecule has 2 aromatic rings. The third-order valence-electron chi connectivity index (χ3n) is 3.36. The molecule has 1 aromatic heterocycles. The average Bonchev–Trinajstić information content (AvgIpc) is 2.39. The summed E-state index contributed by atoms with van der Waals surface area (Å²) in [4.78, 5) is 4.46. The predicted molar refractivity (Wildman–Crippen MR) is 71.3 cm³/mol. The zero-order chi connectivity index (χ0) is 11.7. The lowest BCUT2D eigenvalue weighted by Crippen LogP contribution is -2.15. The molecule has 88 valence electrons. The van der Waals surface area contributed by atoms with Crippen molar-refractivity contribution in [1.82, 2.24) is 4.98 Å². The normalized spacial score (nSPS) is 24.9. The lowest BCUT2D eigenvalue weighted by Gasteiger charge is -2.21. The van der Waals surface area contributed by atoms with Crippen molar-refractivity contribution in [2.24, 2.45) is 0 Å². The van der Waals surface area contributed by atoms with Crippen molar-refractivity contribution >= 4 is 21.7 Å². The van der Waals surface area contributed by atoms with E-state index < -0.39 is 10.8 Å². The quantitative estimate of drug-likeness (QED) is 0.772. The van der Waals surface area contributed by atoms with Gasteiger partial charge in [-0.3, -0.25) is 9.19 Å². The van der Waals surface area contributed by atoms with Crippen molar-refractivity contribution in [2.75, 3.05) is 5.75 Å². The largest absolute Gasteiger partial charge is 0.259 e. The standard InChI is InChI=1S/C14H15NOS/c16-17-8-4-3-7-14(17)12-9-11-5-1-2-6-13(11)15-10-12/h1-2,5-6,9-10,14H,3-4,7-8H2. The van der Waals surface area contributed by atoms with E-state index in [2.05, 4.69) is 17.1 Å². The first-order chi connectivity index (χ1) is 8.34. The van der Waals surface area contributed by atoms with Gasteiger partial charge in [-0.05, 0) is 30.5 Å². The van der Waals surface area contributed by atoms with Crippen LogP contribution in [-0.2, 0) is 10.8 Å². The van der Waals surface area contributed by atoms with Crippen LogP contribution in [0.5, 0.6) is 0 Å². The lowest BCUT2D eigenvalue weighted by molar-refractivity contribution is 0.618. The van der Waals surface area contributed by atoms with Gasteiger partial charge in [-0.2, -0.15) is 0 Å². The molecule has 1 aliphatic heterocycles. The van der Waals surface area contributed by atoms with Crippen molar-refractivity contribution < 1.29 is 4.21 Å². The van der Waals surface area contributed by atoms with Crippen LogP contribution >= 0.6 is 0 Å². The van der Waals surface area contributed by atoms with Crippen LogP contribution in [0, 0.1) is 0 Å². The van der Waals surface area contributed by atoms with Gasteiger partial charge in [-0.25, -0.2) is 0 Å². The maximum atomic E-state index is 12.0. The second-order valence-electron chi connectivity index (χ2n) is 4.53. The minimum Gasteiger partial charge on any atom is -0.259 e. The Bertz CT molecular complexity index is 567. The molecular weight excluding hydrogens is 230 g/mol. The van der Waals surface area contributed by atoms with E-state index in [1.54, 1.807) is 0 Å². The molecule has 0 bridgehead atoms. The molecule has 2 heterocycles. The van der Waals surface area contributed by atoms with Gasteiger partial charge < -0.3 is 0 Å². The summed E-state index contributed by atoms with van der Waals surface area (Å²) in [7, 11) is -0.712. The molecule has 1 aromatic carbocycles. The first-order valence-electron chi connectivity index (χ1n) is 6.06. The Labute approximate surface area is 104 Å². The summed E-state index contributed by atoms with van der Waals surface area (Å²) in [5.74, 6) is 0.845. The molecule has 0 spiro atoms. The molecule has 3 heteroatoms. The zero-order valence-electron chi connectivity index (χ0n) is 9.63. The van der Waals surface area contributed by atoms with Crippen molar-refractivity contribution in [3.8, 4) is 0 Å². The van der Waals surface area contributed by atoms with Crippen LogP contribution in [0.25, 0.3) is 10.9 Å². The average molecular weight is 245 g/mol. The van der Waals surface area contributed by atoms with Crippen LogP contribution in [0.2, 0.25) is 0 Å². The Hall–Kier alpha value is -1.22. The highest BCUT2D eigenvalue weighted by molar-refractivity contribution is 7.85. The van der Waals surface area contributed by atoms with E-state index in [0.29, 0.717) is 0 Å². The number of fused-ring (bicyclic) bond motifs is 1. The van der Waals surface area contributed by atoms with E-state index in [1.807, 2.05) is 24.4 Å². The molecule has 1 aliphatic rings. The molecule has 2 unspecified atom stereocenters. The van der Waals surface area contributed by atoms with E-state index in [0.717, 1.165) is 35.1 Å². The molecule has 0 aliphatic carbocycles. The van der Waals surface area contributed by atoms with Gasteiger partial charge in [0, 0.05) is 28.1 Å². The molecule has 0 N–H and O–H groups in total. The van der Waals surface area contributed by atoms with E-state index in [9.17, 15) is 4.21 Å². The molecular formula is C14H15NOS. The van der Waals surface area contributed by atoms with Gasteiger partial charge in [0.2, 0.25) is 0 Å². The highest BCUT2D eigenvalue weighted by Gasteiger charge is 2.22. The molecule has 17 heavy (non-hydrogen) atoms. The zero-order valence-corrected chi connectivity index (χ0v) is 10.5. The highest BCUT2D eigenvalue weighted by Crippen LogP contribution is 2.31. The summed E-state index contributed by atoms with van der Waals surface area (Å²) in [5, 5.41) is 1.34. The fourth-order valence-electron chi connectivity index (χ4n) is 2.43. The third kappa shape index (κ3) is 2.12. The van der Waals surface area contributed by atoms with Gasteiger partial charge in [-0.1, -0.05) is 24.6 Å². The summed E-state index contributed by atoms with van der Waals surface area (Å²) >= 11 is 0. The van der Waals surface area contributed by atoms with E-state index in [1.165, 1.54) is 6.42 Å². The topological polar surface area (TPSA) is 30.0 Å². The number of aromatic nitrogens is 1. The Kier molecular flexibility index (Phi) is 2.93. The van der Waals surface area contributed by atoms with Gasteiger partial charge in [0.15, 0.2) is 0 Å². The fraction of sp³-hybridized carbons (Fsp3) is 0.357. The first kappa shape index (κ1) is 10.9. The molecule has 0 radical (unpaired) electrons. The maximum absolute atomic E-state index is 12.0. The van der Waals surface area contributed by atoms with E-state index in [4.69, 9.17) is 0 Å². The number of benzene rings is 1. The second-order valence-corrected chi connectivity index (χ2v) is 6.27. The van der Waals surface area contributed by atoms with E-state index in [-0.39, 0.29) is 5.25 Å². The SMILES string of the molecule is O=S1CCCCC1c1cnc2ccccc2c1. The minimum atomic E-state index is -0.712. The Morgan fingerprint density at radius 1 is 1.24 bits per heavy atom. The number of pyridine rings is 1. The van der Waals surface area contributed by atoms with Crippen LogP contribution in [-0.4, -0.2) is 14.9 Å². The van der Waals surface area contributed by atoms with E-state index >= 15 is 0 Å². The molecule has 1 fully saturated rings. The summed E-state index contributed by atoms with van der Waals surface area (Å²) < 4.78 is 12.0. The predicted octanol–water partition coefficient (Wildman–Crippen LogP) is 3.21. The fourth-order valence-corrected chi connectivity index (χ4v) is 4.07. The van der Waals surface area contributed by atoms with Gasteiger partial charge in [-0.15, -0.1) is 0 Å². The third-order valence-corrected chi connectivity index (χ3v) is 5.20. The summed E-state index contributed by atoms with van der Waals surface area (Å²) in [6.45, 7) is 0. The van der Waals surface area contributed by atoms with Crippen molar-refractivity contribution in [3.05, 3.63) is 42.1 Å². The molecule has 0 saturated carbocycles. The van der Waals surface area contributed by atoms with Crippen LogP contribution in [0.15, 0.2) is 36.5 Å². The van der Waals surface area contributed by atoms with Gasteiger partial charge in [0.25, 0.3) is 0 Å². The second kappa shape index (κ2) is 4.57. The number of hydrogen-bond donors (Lipinski definition) is 0. The summed E-state index contributed by atoms with van der Waals surface area (Å²) in [6, 6.07) is 10.2. The van der Waals surface area contributed by atoms with Crippen molar-refractivity contribution in [1.29, 1.82) is 0 Å². The number of hydrogen-bond acceptors (Lipinski definition) is 2. The van der Waals surface area contributed by atoms with Crippen LogP contribution in [0.4, 0.5) is 0 Å². The molecule has 1 saturated heterocycles. The monoisotopic (exact) mass is 245 g/mol. The molecule has 0 amide bonds. The van der Waals surface area contributed by atoms with Gasteiger partial charge in [0.05, 0.1) is 10.8 Å². The lowest BCUT2D eigenvalue weighted by atomic mass is 10.1. The Balaban J connectivity index is 2.02. The molecule has 2 nitrogen and oxygen atoms in total. The summed E-state index contributed by atoms with van der Waals surface area (Å²) in [6.07, 6.45) is 5.22. The van der Waals surface area contributed by atoms with Crippen molar-refractivity contribution in [3.63, 3.8) is 0 Å². The number of para-hydroxylation sites is 1. The minimum absolute atomic E-state index is 0.195. The maximum Gasteiger partial charge on any atom is 0.0702 e. The van der Waals surface area contributed by atoms with Crippen LogP contribution < -0.4 is 0 Å². The van der Waals surface area contributed by atoms with Crippen molar-refractivity contribution in [2.45, 2.75) is 24.5 Å². The van der Waals surface area contributed by atoms with Gasteiger partial charge >= 0.3 is 0 Å². The number of nitrogens with zero attached hydrogens (tertiary/aromatic N) is 1. The smallest absolute Gasteiger partial charge is 0.0702 e. The summed E-state index contributed by atoms with van der Waals surface area (Å²) in [5.41, 5.74) is 2.15. The molecule has 3 rings (SSSR count). The van der Waals surface area contributed by atoms with Crippen LogP contribution in [0.3, 0.4) is 0 Å². The van der Waals surface area contributed by atoms with Crippen LogP contribution in [0.1, 0.15) is 30.1 Å².